The molecule has 0 fully saturated rings. The zero-order valence-electron chi connectivity index (χ0n) is 22.2. The fraction of sp³-hybridized carbons (Fsp3) is 0.161. The van der Waals surface area contributed by atoms with Crippen LogP contribution in [0.4, 0.5) is 11.8 Å². The van der Waals surface area contributed by atoms with Gasteiger partial charge in [0.25, 0.3) is 0 Å². The maximum Gasteiger partial charge on any atom is 0.221 e. The topological polar surface area (TPSA) is 149 Å². The third-order valence-electron chi connectivity index (χ3n) is 7.11. The van der Waals surface area contributed by atoms with Crippen molar-refractivity contribution in [2.75, 3.05) is 32.2 Å². The number of methoxy groups -OCH3 is 2. The maximum atomic E-state index is 13.7. The minimum absolute atomic E-state index is 0.0535. The van der Waals surface area contributed by atoms with Crippen molar-refractivity contribution in [3.8, 4) is 39.8 Å². The lowest BCUT2D eigenvalue weighted by Gasteiger charge is -2.30. The van der Waals surface area contributed by atoms with E-state index in [1.807, 2.05) is 24.3 Å². The summed E-state index contributed by atoms with van der Waals surface area (Å²) in [7, 11) is 3.05. The van der Waals surface area contributed by atoms with Crippen LogP contribution in [0.3, 0.4) is 0 Å². The first-order chi connectivity index (χ1) is 19.4. The van der Waals surface area contributed by atoms with E-state index in [-0.39, 0.29) is 23.6 Å². The van der Waals surface area contributed by atoms with E-state index in [1.165, 1.54) is 26.5 Å². The van der Waals surface area contributed by atoms with Gasteiger partial charge in [0.05, 0.1) is 31.9 Å². The van der Waals surface area contributed by atoms with Crippen LogP contribution in [0.1, 0.15) is 38.7 Å². The predicted molar refractivity (Wildman–Crippen MR) is 154 cm³/mol. The average molecular weight is 533 g/mol. The lowest BCUT2D eigenvalue weighted by molar-refractivity contribution is 0.104. The van der Waals surface area contributed by atoms with Crippen molar-refractivity contribution in [3.63, 3.8) is 0 Å². The number of nitriles is 1. The number of allylic oxidation sites excluding steroid dienone is 1. The first kappa shape index (κ1) is 26.4. The zero-order chi connectivity index (χ0) is 28.4. The van der Waals surface area contributed by atoms with Gasteiger partial charge in [0, 0.05) is 35.0 Å². The molecule has 2 heterocycles. The van der Waals surface area contributed by atoms with E-state index < -0.39 is 0 Å². The van der Waals surface area contributed by atoms with Gasteiger partial charge in [0.1, 0.15) is 5.82 Å². The van der Waals surface area contributed by atoms with Crippen LogP contribution in [-0.2, 0) is 6.42 Å². The summed E-state index contributed by atoms with van der Waals surface area (Å²) in [6.07, 6.45) is 3.64. The number of nitrogen functional groups attached to an aromatic ring is 2. The first-order valence-electron chi connectivity index (χ1n) is 12.6. The molecule has 0 bridgehead atoms. The van der Waals surface area contributed by atoms with Crippen LogP contribution in [0.25, 0.3) is 22.3 Å². The SMILES string of the molecule is C=CC(=O)c1c(-c2cc(-c3cnc(N)nc3N)cc(OC)c2OC)ccc(C#N)c1C1NCCc2ccccc21. The Kier molecular flexibility index (Phi) is 7.19. The summed E-state index contributed by atoms with van der Waals surface area (Å²) in [5.41, 5.74) is 17.7. The normalized spacial score (nSPS) is 14.1. The van der Waals surface area contributed by atoms with Crippen molar-refractivity contribution in [2.45, 2.75) is 12.5 Å². The van der Waals surface area contributed by atoms with E-state index in [9.17, 15) is 10.1 Å². The first-order valence-corrected chi connectivity index (χ1v) is 12.6. The van der Waals surface area contributed by atoms with E-state index in [0.717, 1.165) is 17.5 Å². The highest BCUT2D eigenvalue weighted by Crippen LogP contribution is 2.46. The summed E-state index contributed by atoms with van der Waals surface area (Å²) in [4.78, 5) is 21.9. The molecular weight excluding hydrogens is 504 g/mol. The van der Waals surface area contributed by atoms with Crippen molar-refractivity contribution in [1.29, 1.82) is 5.26 Å². The van der Waals surface area contributed by atoms with Crippen molar-refractivity contribution in [3.05, 3.63) is 95.2 Å². The Morgan fingerprint density at radius 2 is 1.93 bits per heavy atom. The van der Waals surface area contributed by atoms with Gasteiger partial charge >= 0.3 is 0 Å². The van der Waals surface area contributed by atoms with Crippen molar-refractivity contribution in [2.24, 2.45) is 0 Å². The number of aromatic nitrogens is 2. The lowest BCUT2D eigenvalue weighted by Crippen LogP contribution is -2.32. The van der Waals surface area contributed by atoms with Gasteiger partial charge in [-0.15, -0.1) is 0 Å². The van der Waals surface area contributed by atoms with Crippen LogP contribution in [-0.4, -0.2) is 36.5 Å². The molecule has 1 aliphatic rings. The summed E-state index contributed by atoms with van der Waals surface area (Å²) in [6.45, 7) is 4.46. The number of nitrogens with zero attached hydrogens (tertiary/aromatic N) is 3. The second-order valence-corrected chi connectivity index (χ2v) is 9.25. The third-order valence-corrected chi connectivity index (χ3v) is 7.11. The van der Waals surface area contributed by atoms with Crippen molar-refractivity contribution < 1.29 is 14.3 Å². The number of nitrogens with two attached hydrogens (primary N) is 2. The van der Waals surface area contributed by atoms with Crippen molar-refractivity contribution in [1.82, 2.24) is 15.3 Å². The molecule has 1 aromatic heterocycles. The molecule has 200 valence electrons. The van der Waals surface area contributed by atoms with E-state index in [1.54, 1.807) is 18.2 Å². The Labute approximate surface area is 232 Å². The van der Waals surface area contributed by atoms with Crippen LogP contribution >= 0.6 is 0 Å². The Balaban J connectivity index is 1.85. The molecule has 5 rings (SSSR count). The quantitative estimate of drug-likeness (QED) is 0.231. The number of hydrogen-bond donors (Lipinski definition) is 3. The number of carbonyl (C=O) groups is 1. The average Bonchev–Trinajstić information content (AvgIpc) is 2.98. The molecule has 1 unspecified atom stereocenters. The van der Waals surface area contributed by atoms with Crippen LogP contribution in [0, 0.1) is 11.3 Å². The summed E-state index contributed by atoms with van der Waals surface area (Å²) < 4.78 is 11.5. The van der Waals surface area contributed by atoms with Gasteiger partial charge in [-0.3, -0.25) is 4.79 Å². The minimum Gasteiger partial charge on any atom is -0.493 e. The van der Waals surface area contributed by atoms with E-state index >= 15 is 0 Å². The fourth-order valence-electron chi connectivity index (χ4n) is 5.32. The highest BCUT2D eigenvalue weighted by molar-refractivity contribution is 6.11. The number of hydrogen-bond acceptors (Lipinski definition) is 9. The number of ether oxygens (including phenoxy) is 2. The molecule has 3 aromatic carbocycles. The molecule has 1 aliphatic heterocycles. The largest absolute Gasteiger partial charge is 0.493 e. The van der Waals surface area contributed by atoms with Gasteiger partial charge in [0.15, 0.2) is 17.3 Å². The second kappa shape index (κ2) is 10.9. The molecule has 4 aromatic rings. The highest BCUT2D eigenvalue weighted by Gasteiger charge is 2.31. The summed E-state index contributed by atoms with van der Waals surface area (Å²) in [6, 6.07) is 17.0. The number of rotatable bonds is 7. The monoisotopic (exact) mass is 532 g/mol. The third kappa shape index (κ3) is 4.51. The predicted octanol–water partition coefficient (Wildman–Crippen LogP) is 4.47. The molecule has 40 heavy (non-hydrogen) atoms. The highest BCUT2D eigenvalue weighted by atomic mass is 16.5. The molecule has 5 N–H and O–H groups in total. The van der Waals surface area contributed by atoms with Crippen LogP contribution in [0.5, 0.6) is 11.5 Å². The van der Waals surface area contributed by atoms with Crippen LogP contribution < -0.4 is 26.3 Å². The number of carbonyl (C=O) groups excluding carboxylic acids is 1. The summed E-state index contributed by atoms with van der Waals surface area (Å²) >= 11 is 0. The molecule has 9 nitrogen and oxygen atoms in total. The minimum atomic E-state index is -0.379. The second-order valence-electron chi connectivity index (χ2n) is 9.25. The van der Waals surface area contributed by atoms with E-state index in [4.69, 9.17) is 20.9 Å². The molecule has 9 heteroatoms. The molecule has 0 saturated heterocycles. The van der Waals surface area contributed by atoms with E-state index in [0.29, 0.717) is 57.0 Å². The Bertz CT molecular complexity index is 1690. The molecule has 0 saturated carbocycles. The van der Waals surface area contributed by atoms with Gasteiger partial charge in [-0.2, -0.15) is 10.2 Å². The summed E-state index contributed by atoms with van der Waals surface area (Å²) in [5, 5.41) is 13.7. The van der Waals surface area contributed by atoms with E-state index in [2.05, 4.69) is 34.0 Å². The van der Waals surface area contributed by atoms with Crippen LogP contribution in [0.2, 0.25) is 0 Å². The Hall–Kier alpha value is -5.20. The Morgan fingerprint density at radius 1 is 1.12 bits per heavy atom. The number of anilines is 2. The van der Waals surface area contributed by atoms with Gasteiger partial charge in [-0.25, -0.2) is 4.98 Å². The molecule has 0 spiro atoms. The number of benzene rings is 3. The standard InChI is InChI=1S/C31H28N6O3/c1-4-24(38)27-21(10-9-18(15-32)26(27)28-20-8-6-5-7-17(20)11-12-35-28)22-13-19(14-25(39-2)29(22)40-3)23-16-36-31(34)37-30(23)33/h4-10,13-14,16,28,35H,1,11-12H2,2-3H3,(H4,33,34,36,37). The summed E-state index contributed by atoms with van der Waals surface area (Å²) in [5.74, 6) is 0.741. The molecule has 0 amide bonds. The van der Waals surface area contributed by atoms with Crippen molar-refractivity contribution >= 4 is 17.5 Å². The molecule has 1 atom stereocenters. The Morgan fingerprint density at radius 3 is 2.62 bits per heavy atom. The molecule has 0 aliphatic carbocycles. The smallest absolute Gasteiger partial charge is 0.221 e. The number of fused-ring (bicyclic) bond motifs is 1. The zero-order valence-corrected chi connectivity index (χ0v) is 22.2. The van der Waals surface area contributed by atoms with Gasteiger partial charge < -0.3 is 26.3 Å². The maximum absolute atomic E-state index is 13.7. The molecular formula is C31H28N6O3. The van der Waals surface area contributed by atoms with Gasteiger partial charge in [0.2, 0.25) is 5.95 Å². The van der Waals surface area contributed by atoms with Gasteiger partial charge in [-0.1, -0.05) is 36.9 Å². The molecule has 0 radical (unpaired) electrons. The number of ketones is 1. The number of nitrogens with one attached hydrogen (secondary N) is 1. The lowest BCUT2D eigenvalue weighted by atomic mass is 9.81. The van der Waals surface area contributed by atoms with Crippen LogP contribution in [0.15, 0.2) is 67.4 Å². The fourth-order valence-corrected chi connectivity index (χ4v) is 5.32. The van der Waals surface area contributed by atoms with Gasteiger partial charge in [-0.05, 0) is 52.9 Å².